The molecule has 0 spiro atoms. The summed E-state index contributed by atoms with van der Waals surface area (Å²) in [7, 11) is 0. The molecule has 8 heteroatoms. The molecular formula is C10H9N7S. The molecular weight excluding hydrogens is 250 g/mol. The van der Waals surface area contributed by atoms with E-state index in [9.17, 15) is 0 Å². The van der Waals surface area contributed by atoms with Gasteiger partial charge >= 0.3 is 0 Å². The molecule has 90 valence electrons. The van der Waals surface area contributed by atoms with Gasteiger partial charge in [0.1, 0.15) is 16.9 Å². The Labute approximate surface area is 107 Å². The maximum absolute atomic E-state index is 8.68. The second kappa shape index (κ2) is 4.68. The molecule has 0 saturated heterocycles. The van der Waals surface area contributed by atoms with E-state index in [0.29, 0.717) is 16.3 Å². The molecule has 0 aliphatic carbocycles. The van der Waals surface area contributed by atoms with E-state index in [-0.39, 0.29) is 17.3 Å². The Bertz CT molecular complexity index is 629. The van der Waals surface area contributed by atoms with Crippen molar-refractivity contribution in [3.05, 3.63) is 23.1 Å². The zero-order valence-corrected chi connectivity index (χ0v) is 9.98. The van der Waals surface area contributed by atoms with Gasteiger partial charge in [0.05, 0.1) is 11.3 Å². The number of hydrogen-bond donors (Lipinski definition) is 3. The van der Waals surface area contributed by atoms with Crippen LogP contribution in [0, 0.1) is 11.3 Å². The van der Waals surface area contributed by atoms with E-state index in [0.717, 1.165) is 0 Å². The highest BCUT2D eigenvalue weighted by molar-refractivity contribution is 7.14. The number of pyridine rings is 1. The minimum Gasteiger partial charge on any atom is -0.397 e. The smallest absolute Gasteiger partial charge is 0.155 e. The average molecular weight is 259 g/mol. The lowest BCUT2D eigenvalue weighted by molar-refractivity contribution is 1.22. The van der Waals surface area contributed by atoms with Gasteiger partial charge in [0.25, 0.3) is 0 Å². The molecule has 0 aliphatic rings. The number of azo groups is 1. The van der Waals surface area contributed by atoms with Gasteiger partial charge in [-0.2, -0.15) is 5.26 Å². The van der Waals surface area contributed by atoms with Gasteiger partial charge in [0, 0.05) is 11.4 Å². The maximum Gasteiger partial charge on any atom is 0.155 e. The van der Waals surface area contributed by atoms with Crippen LogP contribution in [0.3, 0.4) is 0 Å². The van der Waals surface area contributed by atoms with Gasteiger partial charge < -0.3 is 17.2 Å². The summed E-state index contributed by atoms with van der Waals surface area (Å²) in [5.41, 5.74) is 18.0. The van der Waals surface area contributed by atoms with Crippen LogP contribution in [-0.2, 0) is 0 Å². The van der Waals surface area contributed by atoms with E-state index in [2.05, 4.69) is 15.2 Å². The lowest BCUT2D eigenvalue weighted by atomic mass is 10.3. The van der Waals surface area contributed by atoms with Crippen LogP contribution in [0.2, 0.25) is 0 Å². The first-order valence-electron chi connectivity index (χ1n) is 4.82. The average Bonchev–Trinajstić information content (AvgIpc) is 2.75. The van der Waals surface area contributed by atoms with Crippen molar-refractivity contribution >= 4 is 39.3 Å². The highest BCUT2D eigenvalue weighted by atomic mass is 32.1. The molecule has 2 rings (SSSR count). The van der Waals surface area contributed by atoms with Crippen molar-refractivity contribution in [2.24, 2.45) is 10.2 Å². The first kappa shape index (κ1) is 11.8. The normalized spacial score (nSPS) is 10.6. The fourth-order valence-electron chi connectivity index (χ4n) is 1.24. The number of thiophene rings is 1. The Morgan fingerprint density at radius 2 is 2.00 bits per heavy atom. The first-order chi connectivity index (χ1) is 8.60. The van der Waals surface area contributed by atoms with Crippen LogP contribution in [0.4, 0.5) is 28.0 Å². The number of nitrogens with two attached hydrogens (primary N) is 3. The third-order valence-corrected chi connectivity index (χ3v) is 2.85. The van der Waals surface area contributed by atoms with Crippen molar-refractivity contribution in [1.82, 2.24) is 4.98 Å². The van der Waals surface area contributed by atoms with Crippen LogP contribution < -0.4 is 17.2 Å². The number of rotatable bonds is 2. The zero-order chi connectivity index (χ0) is 13.1. The van der Waals surface area contributed by atoms with Gasteiger partial charge in [0.15, 0.2) is 11.5 Å². The number of hydrogen-bond acceptors (Lipinski definition) is 8. The zero-order valence-electron chi connectivity index (χ0n) is 9.16. The SMILES string of the molecule is N#Cc1csc(N=Nc2c(N)cc(N)nc2N)c1. The van der Waals surface area contributed by atoms with Gasteiger partial charge in [-0.15, -0.1) is 21.6 Å². The second-order valence-electron chi connectivity index (χ2n) is 3.36. The highest BCUT2D eigenvalue weighted by Gasteiger charge is 2.06. The lowest BCUT2D eigenvalue weighted by Gasteiger charge is -2.03. The van der Waals surface area contributed by atoms with Crippen LogP contribution in [0.25, 0.3) is 0 Å². The predicted molar refractivity (Wildman–Crippen MR) is 70.7 cm³/mol. The number of nitrogens with zero attached hydrogens (tertiary/aromatic N) is 4. The summed E-state index contributed by atoms with van der Waals surface area (Å²) in [4.78, 5) is 3.84. The van der Waals surface area contributed by atoms with E-state index in [1.165, 1.54) is 17.4 Å². The minimum atomic E-state index is 0.119. The molecule has 6 N–H and O–H groups in total. The molecule has 2 heterocycles. The molecule has 0 unspecified atom stereocenters. The molecule has 0 amide bonds. The molecule has 18 heavy (non-hydrogen) atoms. The molecule has 0 bridgehead atoms. The van der Waals surface area contributed by atoms with Crippen LogP contribution >= 0.6 is 11.3 Å². The van der Waals surface area contributed by atoms with Crippen molar-refractivity contribution in [2.45, 2.75) is 0 Å². The summed E-state index contributed by atoms with van der Waals surface area (Å²) in [6.07, 6.45) is 0. The quantitative estimate of drug-likeness (QED) is 0.709. The van der Waals surface area contributed by atoms with E-state index >= 15 is 0 Å². The van der Waals surface area contributed by atoms with Gasteiger partial charge in [-0.3, -0.25) is 0 Å². The highest BCUT2D eigenvalue weighted by Crippen LogP contribution is 2.32. The Hall–Kier alpha value is -2.66. The van der Waals surface area contributed by atoms with Crippen molar-refractivity contribution in [1.29, 1.82) is 5.26 Å². The third-order valence-electron chi connectivity index (χ3n) is 2.03. The summed E-state index contributed by atoms with van der Waals surface area (Å²) in [5.74, 6) is 0.347. The second-order valence-corrected chi connectivity index (χ2v) is 4.25. The third kappa shape index (κ3) is 2.36. The molecule has 2 aromatic heterocycles. The molecule has 2 aromatic rings. The van der Waals surface area contributed by atoms with Gasteiger partial charge in [-0.05, 0) is 6.07 Å². The molecule has 0 aliphatic heterocycles. The van der Waals surface area contributed by atoms with Crippen LogP contribution in [-0.4, -0.2) is 4.98 Å². The molecule has 0 aromatic carbocycles. The monoisotopic (exact) mass is 259 g/mol. The van der Waals surface area contributed by atoms with Crippen molar-refractivity contribution in [2.75, 3.05) is 17.2 Å². The Morgan fingerprint density at radius 1 is 1.22 bits per heavy atom. The van der Waals surface area contributed by atoms with Crippen LogP contribution in [0.5, 0.6) is 0 Å². The first-order valence-corrected chi connectivity index (χ1v) is 5.70. The molecule has 0 saturated carbocycles. The topological polar surface area (TPSA) is 139 Å². The summed E-state index contributed by atoms with van der Waals surface area (Å²) in [6.45, 7) is 0. The van der Waals surface area contributed by atoms with E-state index < -0.39 is 0 Å². The number of anilines is 3. The van der Waals surface area contributed by atoms with Crippen molar-refractivity contribution < 1.29 is 0 Å². The molecule has 0 fully saturated rings. The standard InChI is InChI=1S/C10H9N7S/c11-3-5-1-8(18-4-5)16-17-9-6(12)2-7(13)15-10(9)14/h1-2,4H,(H6,12,13,14,15). The fourth-order valence-corrected chi connectivity index (χ4v) is 1.90. The van der Waals surface area contributed by atoms with Crippen molar-refractivity contribution in [3.8, 4) is 6.07 Å². The van der Waals surface area contributed by atoms with Crippen LogP contribution in [0.1, 0.15) is 5.56 Å². The minimum absolute atomic E-state index is 0.119. The van der Waals surface area contributed by atoms with E-state index in [1.807, 2.05) is 6.07 Å². The summed E-state index contributed by atoms with van der Waals surface area (Å²) < 4.78 is 0. The summed E-state index contributed by atoms with van der Waals surface area (Å²) in [5, 5.41) is 18.8. The lowest BCUT2D eigenvalue weighted by Crippen LogP contribution is -1.99. The Kier molecular flexibility index (Phi) is 3.07. The molecule has 0 atom stereocenters. The van der Waals surface area contributed by atoms with Gasteiger partial charge in [-0.1, -0.05) is 0 Å². The van der Waals surface area contributed by atoms with E-state index in [1.54, 1.807) is 11.4 Å². The summed E-state index contributed by atoms with van der Waals surface area (Å²) >= 11 is 1.30. The molecule has 7 nitrogen and oxygen atoms in total. The number of aromatic nitrogens is 1. The fraction of sp³-hybridized carbons (Fsp3) is 0. The van der Waals surface area contributed by atoms with Gasteiger partial charge in [0.2, 0.25) is 0 Å². The van der Waals surface area contributed by atoms with Gasteiger partial charge in [-0.25, -0.2) is 4.98 Å². The Morgan fingerprint density at radius 3 is 2.61 bits per heavy atom. The maximum atomic E-state index is 8.68. The van der Waals surface area contributed by atoms with Crippen molar-refractivity contribution in [3.63, 3.8) is 0 Å². The number of nitriles is 1. The van der Waals surface area contributed by atoms with E-state index in [4.69, 9.17) is 22.5 Å². The summed E-state index contributed by atoms with van der Waals surface area (Å²) in [6, 6.07) is 5.08. The predicted octanol–water partition coefficient (Wildman–Crippen LogP) is 2.18. The largest absolute Gasteiger partial charge is 0.397 e. The molecule has 0 radical (unpaired) electrons. The Balaban J connectivity index is 2.32. The number of nitrogen functional groups attached to an aromatic ring is 3. The van der Waals surface area contributed by atoms with Crippen LogP contribution in [0.15, 0.2) is 27.7 Å².